The third-order valence-corrected chi connectivity index (χ3v) is 3.03. The van der Waals surface area contributed by atoms with Crippen LogP contribution in [0, 0.1) is 0 Å². The highest BCUT2D eigenvalue weighted by molar-refractivity contribution is 5.91. The predicted octanol–water partition coefficient (Wildman–Crippen LogP) is 1.76. The zero-order valence-electron chi connectivity index (χ0n) is 11.9. The second kappa shape index (κ2) is 5.73. The maximum absolute atomic E-state index is 11.5. The van der Waals surface area contributed by atoms with Gasteiger partial charge >= 0.3 is 5.97 Å². The van der Waals surface area contributed by atoms with Gasteiger partial charge in [0.15, 0.2) is 5.82 Å². The number of nitrogen functional groups attached to an aromatic ring is 1. The van der Waals surface area contributed by atoms with E-state index in [0.717, 1.165) is 30.2 Å². The van der Waals surface area contributed by atoms with Crippen molar-refractivity contribution in [3.05, 3.63) is 35.4 Å². The van der Waals surface area contributed by atoms with Crippen molar-refractivity contribution in [2.45, 2.75) is 26.7 Å². The van der Waals surface area contributed by atoms with Gasteiger partial charge in [0.2, 0.25) is 0 Å². The molecular weight excluding hydrogens is 256 g/mol. The minimum atomic E-state index is -0.410. The van der Waals surface area contributed by atoms with E-state index in [1.54, 1.807) is 22.9 Å². The molecule has 0 unspecified atom stereocenters. The van der Waals surface area contributed by atoms with Gasteiger partial charge in [-0.1, -0.05) is 13.8 Å². The van der Waals surface area contributed by atoms with Gasteiger partial charge in [0, 0.05) is 12.8 Å². The van der Waals surface area contributed by atoms with Crippen molar-refractivity contribution < 1.29 is 9.53 Å². The molecule has 0 atom stereocenters. The summed E-state index contributed by atoms with van der Waals surface area (Å²) in [5.41, 5.74) is 7.63. The van der Waals surface area contributed by atoms with Crippen LogP contribution in [0.2, 0.25) is 0 Å². The summed E-state index contributed by atoms with van der Waals surface area (Å²) in [6.45, 7) is 4.02. The zero-order chi connectivity index (χ0) is 14.7. The van der Waals surface area contributed by atoms with E-state index in [1.807, 2.05) is 13.8 Å². The molecule has 1 aromatic heterocycles. The molecule has 0 aliphatic heterocycles. The predicted molar refractivity (Wildman–Crippen MR) is 75.9 cm³/mol. The van der Waals surface area contributed by atoms with Crippen LogP contribution in [0.15, 0.2) is 18.2 Å². The zero-order valence-corrected chi connectivity index (χ0v) is 11.9. The number of hydrogen-bond donors (Lipinski definition) is 1. The molecule has 2 rings (SSSR count). The molecule has 0 aliphatic carbocycles. The monoisotopic (exact) mass is 274 g/mol. The minimum absolute atomic E-state index is 0.410. The van der Waals surface area contributed by atoms with E-state index in [9.17, 15) is 4.79 Å². The van der Waals surface area contributed by atoms with Crippen LogP contribution in [-0.4, -0.2) is 27.8 Å². The largest absolute Gasteiger partial charge is 0.465 e. The second-order valence-electron chi connectivity index (χ2n) is 4.33. The fourth-order valence-electron chi connectivity index (χ4n) is 1.96. The minimum Gasteiger partial charge on any atom is -0.465 e. The number of carbonyl (C=O) groups excluding carboxylic acids is 1. The molecule has 0 amide bonds. The number of ether oxygens (including phenoxy) is 1. The summed E-state index contributed by atoms with van der Waals surface area (Å²) in [6.07, 6.45) is 1.52. The molecule has 0 bridgehead atoms. The van der Waals surface area contributed by atoms with Gasteiger partial charge in [-0.3, -0.25) is 0 Å². The molecule has 1 aromatic carbocycles. The van der Waals surface area contributed by atoms with E-state index in [1.165, 1.54) is 7.11 Å². The topological polar surface area (TPSA) is 83.0 Å². The second-order valence-corrected chi connectivity index (χ2v) is 4.33. The number of anilines is 1. The van der Waals surface area contributed by atoms with Gasteiger partial charge in [-0.25, -0.2) is 14.5 Å². The van der Waals surface area contributed by atoms with Gasteiger partial charge in [0.25, 0.3) is 0 Å². The first kappa shape index (κ1) is 14.0. The van der Waals surface area contributed by atoms with Crippen molar-refractivity contribution in [2.75, 3.05) is 12.8 Å². The Labute approximate surface area is 117 Å². The van der Waals surface area contributed by atoms with Crippen LogP contribution >= 0.6 is 0 Å². The summed E-state index contributed by atoms with van der Waals surface area (Å²) < 4.78 is 6.41. The molecule has 2 aromatic rings. The van der Waals surface area contributed by atoms with E-state index in [2.05, 4.69) is 14.8 Å². The SMILES string of the molecule is CCc1nc(CC)n(-c2ccc(C(=O)OC)cc2N)n1. The normalized spacial score (nSPS) is 10.6. The highest BCUT2D eigenvalue weighted by atomic mass is 16.5. The lowest BCUT2D eigenvalue weighted by Gasteiger charge is -2.09. The summed E-state index contributed by atoms with van der Waals surface area (Å²) in [4.78, 5) is 15.9. The maximum atomic E-state index is 11.5. The van der Waals surface area contributed by atoms with Crippen molar-refractivity contribution in [2.24, 2.45) is 0 Å². The molecule has 1 heterocycles. The first-order valence-corrected chi connectivity index (χ1v) is 6.53. The van der Waals surface area contributed by atoms with Crippen LogP contribution < -0.4 is 5.73 Å². The smallest absolute Gasteiger partial charge is 0.337 e. The summed E-state index contributed by atoms with van der Waals surface area (Å²) in [6, 6.07) is 5.02. The summed E-state index contributed by atoms with van der Waals surface area (Å²) >= 11 is 0. The van der Waals surface area contributed by atoms with Gasteiger partial charge < -0.3 is 10.5 Å². The molecule has 6 heteroatoms. The van der Waals surface area contributed by atoms with Gasteiger partial charge in [-0.05, 0) is 18.2 Å². The first-order valence-electron chi connectivity index (χ1n) is 6.53. The maximum Gasteiger partial charge on any atom is 0.337 e. The Morgan fingerprint density at radius 2 is 2.10 bits per heavy atom. The molecule has 106 valence electrons. The molecule has 0 saturated heterocycles. The van der Waals surface area contributed by atoms with Gasteiger partial charge in [0.05, 0.1) is 24.0 Å². The lowest BCUT2D eigenvalue weighted by Crippen LogP contribution is -2.08. The Morgan fingerprint density at radius 1 is 1.35 bits per heavy atom. The third-order valence-electron chi connectivity index (χ3n) is 3.03. The van der Waals surface area contributed by atoms with Gasteiger partial charge in [-0.15, -0.1) is 0 Å². The number of esters is 1. The van der Waals surface area contributed by atoms with Crippen molar-refractivity contribution in [3.8, 4) is 5.69 Å². The number of nitrogens with zero attached hydrogens (tertiary/aromatic N) is 3. The van der Waals surface area contributed by atoms with Crippen molar-refractivity contribution in [3.63, 3.8) is 0 Å². The molecule has 0 saturated carbocycles. The highest BCUT2D eigenvalue weighted by Crippen LogP contribution is 2.20. The molecule has 0 aliphatic rings. The Morgan fingerprint density at radius 3 is 2.65 bits per heavy atom. The van der Waals surface area contributed by atoms with E-state index in [4.69, 9.17) is 5.73 Å². The molecular formula is C14H18N4O2. The molecule has 2 N–H and O–H groups in total. The quantitative estimate of drug-likeness (QED) is 0.678. The lowest BCUT2D eigenvalue weighted by atomic mass is 10.1. The van der Waals surface area contributed by atoms with Gasteiger partial charge in [-0.2, -0.15) is 5.10 Å². The molecule has 20 heavy (non-hydrogen) atoms. The molecule has 0 fully saturated rings. The van der Waals surface area contributed by atoms with Crippen molar-refractivity contribution in [1.82, 2.24) is 14.8 Å². The molecule has 0 radical (unpaired) electrons. The van der Waals surface area contributed by atoms with Crippen LogP contribution in [0.1, 0.15) is 35.9 Å². The number of hydrogen-bond acceptors (Lipinski definition) is 5. The van der Waals surface area contributed by atoms with E-state index in [-0.39, 0.29) is 0 Å². The Bertz CT molecular complexity index is 634. The fraction of sp³-hybridized carbons (Fsp3) is 0.357. The molecule has 6 nitrogen and oxygen atoms in total. The number of nitrogens with two attached hydrogens (primary N) is 1. The standard InChI is InChI=1S/C14H18N4O2/c1-4-12-16-13(5-2)18(17-12)11-7-6-9(8-10(11)15)14(19)20-3/h6-8H,4-5,15H2,1-3H3. The van der Waals surface area contributed by atoms with Crippen LogP contribution in [0.25, 0.3) is 5.69 Å². The summed E-state index contributed by atoms with van der Waals surface area (Å²) in [5, 5.41) is 4.43. The fourth-order valence-corrected chi connectivity index (χ4v) is 1.96. The summed E-state index contributed by atoms with van der Waals surface area (Å²) in [7, 11) is 1.34. The first-order chi connectivity index (χ1) is 9.60. The average molecular weight is 274 g/mol. The average Bonchev–Trinajstić information content (AvgIpc) is 2.89. The third kappa shape index (κ3) is 2.49. The van der Waals surface area contributed by atoms with E-state index < -0.39 is 5.97 Å². The van der Waals surface area contributed by atoms with Gasteiger partial charge in [0.1, 0.15) is 5.82 Å². The summed E-state index contributed by atoms with van der Waals surface area (Å²) in [5.74, 6) is 1.21. The highest BCUT2D eigenvalue weighted by Gasteiger charge is 2.14. The number of aryl methyl sites for hydroxylation is 2. The van der Waals surface area contributed by atoms with Crippen LogP contribution in [0.3, 0.4) is 0 Å². The number of carbonyl (C=O) groups is 1. The Hall–Kier alpha value is -2.37. The Kier molecular flexibility index (Phi) is 4.02. The number of rotatable bonds is 4. The van der Waals surface area contributed by atoms with Crippen LogP contribution in [0.4, 0.5) is 5.69 Å². The number of aromatic nitrogens is 3. The van der Waals surface area contributed by atoms with E-state index >= 15 is 0 Å². The Balaban J connectivity index is 2.48. The lowest BCUT2D eigenvalue weighted by molar-refractivity contribution is 0.0601. The molecule has 0 spiro atoms. The van der Waals surface area contributed by atoms with Crippen molar-refractivity contribution in [1.29, 1.82) is 0 Å². The van der Waals surface area contributed by atoms with Crippen molar-refractivity contribution >= 4 is 11.7 Å². The number of benzene rings is 1. The van der Waals surface area contributed by atoms with E-state index in [0.29, 0.717) is 11.3 Å². The van der Waals surface area contributed by atoms with Crippen LogP contribution in [0.5, 0.6) is 0 Å². The van der Waals surface area contributed by atoms with Crippen LogP contribution in [-0.2, 0) is 17.6 Å². The number of methoxy groups -OCH3 is 1.